The summed E-state index contributed by atoms with van der Waals surface area (Å²) in [6.07, 6.45) is 3.11. The van der Waals surface area contributed by atoms with E-state index in [1.54, 1.807) is 6.07 Å². The maximum Gasteiger partial charge on any atom is 0.270 e. The van der Waals surface area contributed by atoms with Crippen LogP contribution in [0, 0.1) is 0 Å². The first kappa shape index (κ1) is 10.4. The molecule has 1 aliphatic rings. The topological polar surface area (TPSA) is 62.2 Å². The van der Waals surface area contributed by atoms with Gasteiger partial charge in [-0.25, -0.2) is 0 Å². The number of carbonyl (C=O) groups excluding carboxylic acids is 1. The maximum atomic E-state index is 11.7. The van der Waals surface area contributed by atoms with E-state index < -0.39 is 5.54 Å². The van der Waals surface area contributed by atoms with Crippen LogP contribution in [0.25, 0.3) is 0 Å². The predicted octanol–water partition coefficient (Wildman–Crippen LogP) is 0.990. The molecule has 2 N–H and O–H groups in total. The molecule has 80 valence electrons. The highest BCUT2D eigenvalue weighted by Gasteiger charge is 2.43. The molecule has 1 aliphatic carbocycles. The van der Waals surface area contributed by atoms with E-state index >= 15 is 0 Å². The van der Waals surface area contributed by atoms with E-state index in [1.807, 2.05) is 0 Å². The lowest BCUT2D eigenvalue weighted by Crippen LogP contribution is -2.39. The lowest BCUT2D eigenvalue weighted by atomic mass is 10.2. The van der Waals surface area contributed by atoms with Crippen LogP contribution >= 0.6 is 11.6 Å². The molecule has 2 rings (SSSR count). The second kappa shape index (κ2) is 3.79. The quantitative estimate of drug-likeness (QED) is 0.808. The van der Waals surface area contributed by atoms with E-state index in [2.05, 4.69) is 10.3 Å². The van der Waals surface area contributed by atoms with E-state index in [0.29, 0.717) is 5.02 Å². The Morgan fingerprint density at radius 1 is 1.67 bits per heavy atom. The van der Waals surface area contributed by atoms with Gasteiger partial charge in [0, 0.05) is 11.2 Å². The van der Waals surface area contributed by atoms with Crippen LogP contribution in [0.4, 0.5) is 0 Å². The fraction of sp³-hybridized carbons (Fsp3) is 0.400. The van der Waals surface area contributed by atoms with Crippen LogP contribution in [0.3, 0.4) is 0 Å². The molecule has 5 heteroatoms. The minimum absolute atomic E-state index is 0.0285. The molecule has 0 atom stereocenters. The van der Waals surface area contributed by atoms with Gasteiger partial charge in [-0.15, -0.1) is 0 Å². The summed E-state index contributed by atoms with van der Waals surface area (Å²) >= 11 is 5.74. The highest BCUT2D eigenvalue weighted by molar-refractivity contribution is 6.30. The van der Waals surface area contributed by atoms with Gasteiger partial charge in [-0.2, -0.15) is 0 Å². The molecule has 1 fully saturated rings. The van der Waals surface area contributed by atoms with Crippen molar-refractivity contribution >= 4 is 17.5 Å². The number of hydrogen-bond acceptors (Lipinski definition) is 3. The standard InChI is InChI=1S/C10H11ClN2O2/c11-7-1-4-12-8(5-7)9(15)13-10(6-14)2-3-10/h1,4-5,14H,2-3,6H2,(H,13,15). The second-order valence-corrected chi connectivity index (χ2v) is 4.19. The van der Waals surface area contributed by atoms with Crippen LogP contribution in [-0.2, 0) is 0 Å². The summed E-state index contributed by atoms with van der Waals surface area (Å²) in [5.41, 5.74) is -0.136. The number of aromatic nitrogens is 1. The van der Waals surface area contributed by atoms with Gasteiger partial charge in [0.1, 0.15) is 5.69 Å². The molecule has 0 aromatic carbocycles. The predicted molar refractivity (Wildman–Crippen MR) is 55.8 cm³/mol. The van der Waals surface area contributed by atoms with Gasteiger partial charge in [-0.05, 0) is 25.0 Å². The molecule has 0 bridgehead atoms. The summed E-state index contributed by atoms with van der Waals surface area (Å²) in [5.74, 6) is -0.288. The first-order chi connectivity index (χ1) is 7.15. The Kier molecular flexibility index (Phi) is 2.63. The van der Waals surface area contributed by atoms with Crippen LogP contribution in [-0.4, -0.2) is 28.1 Å². The zero-order valence-electron chi connectivity index (χ0n) is 8.03. The number of nitrogens with one attached hydrogen (secondary N) is 1. The van der Waals surface area contributed by atoms with Gasteiger partial charge in [0.25, 0.3) is 5.91 Å². The van der Waals surface area contributed by atoms with Crippen LogP contribution in [0.1, 0.15) is 23.3 Å². The Morgan fingerprint density at radius 2 is 2.40 bits per heavy atom. The lowest BCUT2D eigenvalue weighted by Gasteiger charge is -2.13. The molecule has 0 aliphatic heterocycles. The molecule has 0 spiro atoms. The van der Waals surface area contributed by atoms with E-state index in [9.17, 15) is 4.79 Å². The Hall–Kier alpha value is -1.13. The summed E-state index contributed by atoms with van der Waals surface area (Å²) in [6.45, 7) is -0.0285. The number of nitrogens with zero attached hydrogens (tertiary/aromatic N) is 1. The van der Waals surface area contributed by atoms with Crippen LogP contribution in [0.5, 0.6) is 0 Å². The fourth-order valence-corrected chi connectivity index (χ4v) is 1.47. The number of aliphatic hydroxyl groups excluding tert-OH is 1. The number of hydrogen-bond donors (Lipinski definition) is 2. The molecule has 0 saturated heterocycles. The van der Waals surface area contributed by atoms with Gasteiger partial charge >= 0.3 is 0 Å². The van der Waals surface area contributed by atoms with Gasteiger partial charge < -0.3 is 10.4 Å². The van der Waals surface area contributed by atoms with Crippen LogP contribution in [0.2, 0.25) is 5.02 Å². The van der Waals surface area contributed by atoms with E-state index in [-0.39, 0.29) is 18.2 Å². The van der Waals surface area contributed by atoms with Crippen molar-refractivity contribution in [2.45, 2.75) is 18.4 Å². The van der Waals surface area contributed by atoms with Crippen molar-refractivity contribution in [2.24, 2.45) is 0 Å². The summed E-state index contributed by atoms with van der Waals surface area (Å²) < 4.78 is 0. The molecule has 1 aromatic heterocycles. The molecule has 15 heavy (non-hydrogen) atoms. The Labute approximate surface area is 92.3 Å². The van der Waals surface area contributed by atoms with Gasteiger partial charge in [0.2, 0.25) is 0 Å². The minimum Gasteiger partial charge on any atom is -0.394 e. The summed E-state index contributed by atoms with van der Waals surface area (Å²) in [6, 6.07) is 3.11. The van der Waals surface area contributed by atoms with Crippen LogP contribution in [0.15, 0.2) is 18.3 Å². The lowest BCUT2D eigenvalue weighted by molar-refractivity contribution is 0.0901. The summed E-state index contributed by atoms with van der Waals surface area (Å²) in [5, 5.41) is 12.3. The maximum absolute atomic E-state index is 11.7. The third kappa shape index (κ3) is 2.27. The second-order valence-electron chi connectivity index (χ2n) is 3.75. The number of pyridine rings is 1. The summed E-state index contributed by atoms with van der Waals surface area (Å²) in [4.78, 5) is 15.6. The third-order valence-corrected chi connectivity index (χ3v) is 2.72. The molecule has 0 radical (unpaired) electrons. The molecule has 1 heterocycles. The Bertz CT molecular complexity index is 391. The Morgan fingerprint density at radius 3 is 2.93 bits per heavy atom. The third-order valence-electron chi connectivity index (χ3n) is 2.49. The van der Waals surface area contributed by atoms with Crippen molar-refractivity contribution in [2.75, 3.05) is 6.61 Å². The SMILES string of the molecule is O=C(NC1(CO)CC1)c1cc(Cl)ccn1. The van der Waals surface area contributed by atoms with Gasteiger partial charge in [-0.3, -0.25) is 9.78 Å². The molecule has 4 nitrogen and oxygen atoms in total. The van der Waals surface area contributed by atoms with E-state index in [0.717, 1.165) is 12.8 Å². The molecule has 1 saturated carbocycles. The van der Waals surface area contributed by atoms with Gasteiger partial charge in [0.15, 0.2) is 0 Å². The Balaban J connectivity index is 2.08. The summed E-state index contributed by atoms with van der Waals surface area (Å²) in [7, 11) is 0. The number of rotatable bonds is 3. The average molecular weight is 227 g/mol. The largest absolute Gasteiger partial charge is 0.394 e. The normalized spacial score (nSPS) is 17.2. The molecule has 0 unspecified atom stereocenters. The van der Waals surface area contributed by atoms with Crippen molar-refractivity contribution < 1.29 is 9.90 Å². The molecule has 1 aromatic rings. The van der Waals surface area contributed by atoms with Crippen molar-refractivity contribution in [3.8, 4) is 0 Å². The number of aliphatic hydroxyl groups is 1. The van der Waals surface area contributed by atoms with E-state index in [1.165, 1.54) is 12.3 Å². The van der Waals surface area contributed by atoms with Crippen LogP contribution < -0.4 is 5.32 Å². The van der Waals surface area contributed by atoms with E-state index in [4.69, 9.17) is 16.7 Å². The monoisotopic (exact) mass is 226 g/mol. The first-order valence-corrected chi connectivity index (χ1v) is 5.08. The number of amides is 1. The first-order valence-electron chi connectivity index (χ1n) is 4.70. The highest BCUT2D eigenvalue weighted by Crippen LogP contribution is 2.34. The molecule has 1 amide bonds. The number of halogens is 1. The fourth-order valence-electron chi connectivity index (χ4n) is 1.31. The van der Waals surface area contributed by atoms with Crippen molar-refractivity contribution in [1.29, 1.82) is 0 Å². The van der Waals surface area contributed by atoms with Gasteiger partial charge in [-0.1, -0.05) is 11.6 Å². The van der Waals surface area contributed by atoms with Crippen molar-refractivity contribution in [1.82, 2.24) is 10.3 Å². The number of carbonyl (C=O) groups is 1. The zero-order valence-corrected chi connectivity index (χ0v) is 8.79. The van der Waals surface area contributed by atoms with Crippen molar-refractivity contribution in [3.05, 3.63) is 29.0 Å². The van der Waals surface area contributed by atoms with Crippen molar-refractivity contribution in [3.63, 3.8) is 0 Å². The highest BCUT2D eigenvalue weighted by atomic mass is 35.5. The molecular formula is C10H11ClN2O2. The molecular weight excluding hydrogens is 216 g/mol. The zero-order chi connectivity index (χ0) is 10.9. The minimum atomic E-state index is -0.416. The van der Waals surface area contributed by atoms with Gasteiger partial charge in [0.05, 0.1) is 12.1 Å². The smallest absolute Gasteiger partial charge is 0.270 e. The average Bonchev–Trinajstić information content (AvgIpc) is 2.98.